The SMILES string of the molecule is C=C(C)CNCc1cc(Br)c(Cl)s1. The lowest BCUT2D eigenvalue weighted by atomic mass is 10.3. The molecular weight excluding hydrogens is 270 g/mol. The molecule has 0 radical (unpaired) electrons. The third-order valence-corrected chi connectivity index (χ3v) is 3.90. The van der Waals surface area contributed by atoms with Gasteiger partial charge in [-0.2, -0.15) is 0 Å². The minimum atomic E-state index is 0.812. The van der Waals surface area contributed by atoms with Crippen LogP contribution in [0.3, 0.4) is 0 Å². The highest BCUT2D eigenvalue weighted by molar-refractivity contribution is 9.10. The van der Waals surface area contributed by atoms with Gasteiger partial charge in [0.2, 0.25) is 0 Å². The highest BCUT2D eigenvalue weighted by Crippen LogP contribution is 2.31. The molecule has 0 bridgehead atoms. The molecule has 0 fully saturated rings. The lowest BCUT2D eigenvalue weighted by molar-refractivity contribution is 0.750. The van der Waals surface area contributed by atoms with Crippen LogP contribution in [-0.4, -0.2) is 6.54 Å². The summed E-state index contributed by atoms with van der Waals surface area (Å²) in [5.41, 5.74) is 1.14. The Hall–Kier alpha value is 0.170. The van der Waals surface area contributed by atoms with E-state index in [4.69, 9.17) is 11.6 Å². The molecule has 1 rings (SSSR count). The molecule has 1 aromatic rings. The van der Waals surface area contributed by atoms with E-state index in [1.807, 2.05) is 13.0 Å². The van der Waals surface area contributed by atoms with Gasteiger partial charge in [-0.05, 0) is 28.9 Å². The van der Waals surface area contributed by atoms with E-state index in [1.165, 1.54) is 4.88 Å². The van der Waals surface area contributed by atoms with Gasteiger partial charge in [-0.15, -0.1) is 11.3 Å². The molecule has 13 heavy (non-hydrogen) atoms. The quantitative estimate of drug-likeness (QED) is 0.827. The van der Waals surface area contributed by atoms with Crippen molar-refractivity contribution in [2.75, 3.05) is 6.54 Å². The first-order chi connectivity index (χ1) is 6.09. The van der Waals surface area contributed by atoms with Gasteiger partial charge in [0.15, 0.2) is 0 Å². The number of thiophene rings is 1. The third kappa shape index (κ3) is 3.81. The van der Waals surface area contributed by atoms with Gasteiger partial charge in [-0.25, -0.2) is 0 Å². The maximum atomic E-state index is 5.90. The van der Waals surface area contributed by atoms with Gasteiger partial charge in [0.05, 0.1) is 0 Å². The van der Waals surface area contributed by atoms with Gasteiger partial charge in [-0.1, -0.05) is 23.8 Å². The van der Waals surface area contributed by atoms with E-state index in [1.54, 1.807) is 11.3 Å². The van der Waals surface area contributed by atoms with Gasteiger partial charge < -0.3 is 5.32 Å². The Morgan fingerprint density at radius 3 is 2.92 bits per heavy atom. The Labute approximate surface area is 95.9 Å². The second kappa shape index (κ2) is 5.15. The van der Waals surface area contributed by atoms with Crippen molar-refractivity contribution in [1.82, 2.24) is 5.32 Å². The molecule has 1 N–H and O–H groups in total. The zero-order chi connectivity index (χ0) is 9.84. The Morgan fingerprint density at radius 2 is 2.46 bits per heavy atom. The van der Waals surface area contributed by atoms with E-state index in [0.29, 0.717) is 0 Å². The van der Waals surface area contributed by atoms with E-state index in [-0.39, 0.29) is 0 Å². The molecule has 1 aromatic heterocycles. The molecule has 4 heteroatoms. The molecule has 1 nitrogen and oxygen atoms in total. The van der Waals surface area contributed by atoms with Gasteiger partial charge >= 0.3 is 0 Å². The van der Waals surface area contributed by atoms with Crippen LogP contribution in [0.25, 0.3) is 0 Å². The van der Waals surface area contributed by atoms with Gasteiger partial charge in [0, 0.05) is 22.4 Å². The number of rotatable bonds is 4. The molecule has 0 aromatic carbocycles. The molecule has 0 saturated heterocycles. The van der Waals surface area contributed by atoms with Crippen LogP contribution in [0.4, 0.5) is 0 Å². The van der Waals surface area contributed by atoms with Gasteiger partial charge in [0.1, 0.15) is 4.34 Å². The van der Waals surface area contributed by atoms with Crippen molar-refractivity contribution in [2.24, 2.45) is 0 Å². The summed E-state index contributed by atoms with van der Waals surface area (Å²) in [5, 5.41) is 3.27. The smallest absolute Gasteiger partial charge is 0.107 e. The van der Waals surface area contributed by atoms with E-state index in [0.717, 1.165) is 27.5 Å². The summed E-state index contributed by atoms with van der Waals surface area (Å²) in [7, 11) is 0. The maximum absolute atomic E-state index is 5.90. The summed E-state index contributed by atoms with van der Waals surface area (Å²) in [6, 6.07) is 2.04. The van der Waals surface area contributed by atoms with Gasteiger partial charge in [0.25, 0.3) is 0 Å². The van der Waals surface area contributed by atoms with Crippen LogP contribution >= 0.6 is 38.9 Å². The van der Waals surface area contributed by atoms with Crippen molar-refractivity contribution < 1.29 is 0 Å². The highest BCUT2D eigenvalue weighted by atomic mass is 79.9. The van der Waals surface area contributed by atoms with Gasteiger partial charge in [-0.3, -0.25) is 0 Å². The maximum Gasteiger partial charge on any atom is 0.107 e. The molecule has 72 valence electrons. The molecule has 1 heterocycles. The highest BCUT2D eigenvalue weighted by Gasteiger charge is 2.03. The number of hydrogen-bond acceptors (Lipinski definition) is 2. The topological polar surface area (TPSA) is 12.0 Å². The van der Waals surface area contributed by atoms with Crippen molar-refractivity contribution in [3.63, 3.8) is 0 Å². The molecule has 0 saturated carbocycles. The monoisotopic (exact) mass is 279 g/mol. The second-order valence-electron chi connectivity index (χ2n) is 2.90. The Morgan fingerprint density at radius 1 is 1.77 bits per heavy atom. The largest absolute Gasteiger partial charge is 0.308 e. The summed E-state index contributed by atoms with van der Waals surface area (Å²) in [4.78, 5) is 1.23. The summed E-state index contributed by atoms with van der Waals surface area (Å²) < 4.78 is 1.79. The summed E-state index contributed by atoms with van der Waals surface area (Å²) >= 11 is 10.9. The van der Waals surface area contributed by atoms with Crippen molar-refractivity contribution in [1.29, 1.82) is 0 Å². The predicted octanol–water partition coefficient (Wildman–Crippen LogP) is 3.83. The Balaban J connectivity index is 2.41. The summed E-state index contributed by atoms with van der Waals surface area (Å²) in [6.45, 7) is 7.52. The molecule has 0 amide bonds. The molecule has 0 spiro atoms. The van der Waals surface area contributed by atoms with Crippen molar-refractivity contribution in [3.8, 4) is 0 Å². The van der Waals surface area contributed by atoms with Crippen LogP contribution in [0.2, 0.25) is 4.34 Å². The third-order valence-electron chi connectivity index (χ3n) is 1.42. The molecule has 0 atom stereocenters. The van der Waals surface area contributed by atoms with Crippen LogP contribution in [-0.2, 0) is 6.54 Å². The number of halogens is 2. The first-order valence-corrected chi connectivity index (χ1v) is 5.87. The Bertz CT molecular complexity index is 289. The van der Waals surface area contributed by atoms with Crippen LogP contribution < -0.4 is 5.32 Å². The summed E-state index contributed by atoms with van der Waals surface area (Å²) in [5.74, 6) is 0. The number of nitrogens with one attached hydrogen (secondary N) is 1. The van der Waals surface area contributed by atoms with Crippen molar-refractivity contribution in [2.45, 2.75) is 13.5 Å². The zero-order valence-electron chi connectivity index (χ0n) is 7.36. The van der Waals surface area contributed by atoms with E-state index in [9.17, 15) is 0 Å². The minimum Gasteiger partial charge on any atom is -0.308 e. The lowest BCUT2D eigenvalue weighted by Crippen LogP contribution is -2.14. The molecule has 0 unspecified atom stereocenters. The van der Waals surface area contributed by atoms with E-state index >= 15 is 0 Å². The van der Waals surface area contributed by atoms with E-state index in [2.05, 4.69) is 27.8 Å². The lowest BCUT2D eigenvalue weighted by Gasteiger charge is -2.00. The molecule has 0 aliphatic heterocycles. The normalized spacial score (nSPS) is 10.4. The predicted molar refractivity (Wildman–Crippen MR) is 63.5 cm³/mol. The molecular formula is C9H11BrClNS. The fourth-order valence-electron chi connectivity index (χ4n) is 0.878. The minimum absolute atomic E-state index is 0.812. The fraction of sp³-hybridized carbons (Fsp3) is 0.333. The second-order valence-corrected chi connectivity index (χ2v) is 5.49. The van der Waals surface area contributed by atoms with Crippen LogP contribution in [0.1, 0.15) is 11.8 Å². The van der Waals surface area contributed by atoms with Crippen LogP contribution in [0.5, 0.6) is 0 Å². The van der Waals surface area contributed by atoms with Crippen LogP contribution in [0, 0.1) is 0 Å². The first-order valence-electron chi connectivity index (χ1n) is 3.88. The molecule has 0 aliphatic carbocycles. The Kier molecular flexibility index (Phi) is 4.46. The van der Waals surface area contributed by atoms with Crippen molar-refractivity contribution in [3.05, 3.63) is 31.9 Å². The number of hydrogen-bond donors (Lipinski definition) is 1. The zero-order valence-corrected chi connectivity index (χ0v) is 10.5. The average Bonchev–Trinajstić information content (AvgIpc) is 2.30. The first kappa shape index (κ1) is 11.2. The average molecular weight is 281 g/mol. The summed E-state index contributed by atoms with van der Waals surface area (Å²) in [6.07, 6.45) is 0. The standard InChI is InChI=1S/C9H11BrClNS/c1-6(2)4-12-5-7-3-8(10)9(11)13-7/h3,12H,1,4-5H2,2H3. The van der Waals surface area contributed by atoms with E-state index < -0.39 is 0 Å². The fourth-order valence-corrected chi connectivity index (χ4v) is 2.64. The van der Waals surface area contributed by atoms with Crippen molar-refractivity contribution >= 4 is 38.9 Å². The molecule has 0 aliphatic rings. The van der Waals surface area contributed by atoms with Crippen LogP contribution in [0.15, 0.2) is 22.7 Å².